The van der Waals surface area contributed by atoms with Crippen molar-refractivity contribution in [3.8, 4) is 0 Å². The van der Waals surface area contributed by atoms with E-state index in [1.807, 2.05) is 10.9 Å². The predicted molar refractivity (Wildman–Crippen MR) is 72.6 cm³/mol. The number of aryl methyl sites for hydroxylation is 1. The summed E-state index contributed by atoms with van der Waals surface area (Å²) < 4.78 is 7.97. The topological polar surface area (TPSA) is 39.1 Å². The molecule has 0 amide bonds. The fraction of sp³-hybridized carbons (Fsp3) is 0.786. The molecule has 0 aliphatic carbocycles. The monoisotopic (exact) mass is 251 g/mol. The van der Waals surface area contributed by atoms with Crippen molar-refractivity contribution in [1.29, 1.82) is 0 Å². The van der Waals surface area contributed by atoms with E-state index in [1.165, 1.54) is 18.4 Å². The highest BCUT2D eigenvalue weighted by molar-refractivity contribution is 5.07. The summed E-state index contributed by atoms with van der Waals surface area (Å²) in [5, 5.41) is 7.90. The highest BCUT2D eigenvalue weighted by Crippen LogP contribution is 2.23. The summed E-state index contributed by atoms with van der Waals surface area (Å²) in [6.07, 6.45) is 8.24. The molecular formula is C14H25N3O. The molecule has 0 bridgehead atoms. The van der Waals surface area contributed by atoms with Crippen LogP contribution in [0.25, 0.3) is 0 Å². The van der Waals surface area contributed by atoms with Crippen LogP contribution in [0.1, 0.15) is 39.2 Å². The van der Waals surface area contributed by atoms with Crippen molar-refractivity contribution < 1.29 is 4.74 Å². The van der Waals surface area contributed by atoms with Crippen LogP contribution in [-0.2, 0) is 17.7 Å². The van der Waals surface area contributed by atoms with Gasteiger partial charge >= 0.3 is 0 Å². The Morgan fingerprint density at radius 2 is 2.33 bits per heavy atom. The van der Waals surface area contributed by atoms with Crippen molar-refractivity contribution in [2.24, 2.45) is 0 Å². The fourth-order valence-corrected chi connectivity index (χ4v) is 2.67. The Morgan fingerprint density at radius 3 is 2.89 bits per heavy atom. The number of nitrogens with one attached hydrogen (secondary N) is 1. The lowest BCUT2D eigenvalue weighted by Crippen LogP contribution is -2.41. The number of ether oxygens (including phenoxy) is 1. The van der Waals surface area contributed by atoms with Crippen molar-refractivity contribution in [3.63, 3.8) is 0 Å². The number of likely N-dealkylation sites (N-methyl/N-ethyl adjacent to an activating group) is 1. The molecule has 2 heterocycles. The summed E-state index contributed by atoms with van der Waals surface area (Å²) in [6, 6.07) is 0.412. The van der Waals surface area contributed by atoms with E-state index in [0.717, 1.165) is 19.5 Å². The maximum atomic E-state index is 5.99. The number of hydrogen-bond acceptors (Lipinski definition) is 3. The molecule has 1 aliphatic rings. The molecule has 1 aliphatic heterocycles. The largest absolute Gasteiger partial charge is 0.374 e. The van der Waals surface area contributed by atoms with Gasteiger partial charge in [0.1, 0.15) is 0 Å². The number of nitrogens with zero attached hydrogens (tertiary/aromatic N) is 2. The van der Waals surface area contributed by atoms with Crippen LogP contribution in [0.5, 0.6) is 0 Å². The fourth-order valence-electron chi connectivity index (χ4n) is 2.67. The Hall–Kier alpha value is -0.870. The number of hydrogen-bond donors (Lipinski definition) is 1. The average Bonchev–Trinajstić information content (AvgIpc) is 2.97. The minimum atomic E-state index is 0.352. The SMILES string of the molecule is CCNC(Cc1cnn(CC)c1)C1CCC(C)O1. The lowest BCUT2D eigenvalue weighted by molar-refractivity contribution is 0.0324. The normalized spacial score (nSPS) is 25.5. The van der Waals surface area contributed by atoms with Gasteiger partial charge in [-0.05, 0) is 45.2 Å². The van der Waals surface area contributed by atoms with Gasteiger partial charge < -0.3 is 10.1 Å². The van der Waals surface area contributed by atoms with Crippen LogP contribution >= 0.6 is 0 Å². The molecule has 4 nitrogen and oxygen atoms in total. The Labute approximate surface area is 110 Å². The van der Waals surface area contributed by atoms with Gasteiger partial charge in [0.05, 0.1) is 18.4 Å². The molecule has 1 saturated heterocycles. The third-order valence-electron chi connectivity index (χ3n) is 3.65. The van der Waals surface area contributed by atoms with Gasteiger partial charge in [0.15, 0.2) is 0 Å². The highest BCUT2D eigenvalue weighted by atomic mass is 16.5. The van der Waals surface area contributed by atoms with Crippen molar-refractivity contribution in [3.05, 3.63) is 18.0 Å². The highest BCUT2D eigenvalue weighted by Gasteiger charge is 2.29. The van der Waals surface area contributed by atoms with E-state index in [1.54, 1.807) is 0 Å². The maximum absolute atomic E-state index is 5.99. The molecule has 0 saturated carbocycles. The summed E-state index contributed by atoms with van der Waals surface area (Å²) in [5.41, 5.74) is 1.30. The molecule has 1 N–H and O–H groups in total. The number of aromatic nitrogens is 2. The molecule has 1 aromatic heterocycles. The Bertz CT molecular complexity index is 364. The lowest BCUT2D eigenvalue weighted by Gasteiger charge is -2.24. The maximum Gasteiger partial charge on any atom is 0.0735 e. The molecule has 3 atom stereocenters. The van der Waals surface area contributed by atoms with Gasteiger partial charge in [0.25, 0.3) is 0 Å². The number of rotatable bonds is 6. The zero-order chi connectivity index (χ0) is 13.0. The van der Waals surface area contributed by atoms with E-state index < -0.39 is 0 Å². The molecule has 102 valence electrons. The van der Waals surface area contributed by atoms with E-state index in [-0.39, 0.29) is 0 Å². The van der Waals surface area contributed by atoms with E-state index >= 15 is 0 Å². The minimum Gasteiger partial charge on any atom is -0.374 e. The average molecular weight is 251 g/mol. The third-order valence-corrected chi connectivity index (χ3v) is 3.65. The van der Waals surface area contributed by atoms with E-state index in [0.29, 0.717) is 18.2 Å². The zero-order valence-corrected chi connectivity index (χ0v) is 11.7. The first kappa shape index (κ1) is 13.6. The second kappa shape index (κ2) is 6.34. The summed E-state index contributed by atoms with van der Waals surface area (Å²) in [4.78, 5) is 0. The molecule has 0 radical (unpaired) electrons. The van der Waals surface area contributed by atoms with Crippen LogP contribution in [0.15, 0.2) is 12.4 Å². The summed E-state index contributed by atoms with van der Waals surface area (Å²) >= 11 is 0. The van der Waals surface area contributed by atoms with Gasteiger partial charge in [0.2, 0.25) is 0 Å². The van der Waals surface area contributed by atoms with E-state index in [9.17, 15) is 0 Å². The quantitative estimate of drug-likeness (QED) is 0.840. The first-order valence-electron chi connectivity index (χ1n) is 7.13. The van der Waals surface area contributed by atoms with Crippen LogP contribution in [-0.4, -0.2) is 34.6 Å². The molecule has 2 rings (SSSR count). The Kier molecular flexibility index (Phi) is 4.78. The molecule has 4 heteroatoms. The molecule has 1 aromatic rings. The van der Waals surface area contributed by atoms with Gasteiger partial charge in [0, 0.05) is 18.8 Å². The lowest BCUT2D eigenvalue weighted by atomic mass is 10.0. The van der Waals surface area contributed by atoms with Gasteiger partial charge in [-0.3, -0.25) is 4.68 Å². The summed E-state index contributed by atoms with van der Waals surface area (Å²) in [7, 11) is 0. The molecule has 3 unspecified atom stereocenters. The van der Waals surface area contributed by atoms with Gasteiger partial charge in [-0.2, -0.15) is 5.10 Å². The molecule has 0 aromatic carbocycles. The van der Waals surface area contributed by atoms with Crippen molar-refractivity contribution in [2.45, 2.75) is 64.8 Å². The van der Waals surface area contributed by atoms with Crippen LogP contribution in [0.3, 0.4) is 0 Å². The van der Waals surface area contributed by atoms with Crippen LogP contribution in [0, 0.1) is 0 Å². The molecule has 0 spiro atoms. The predicted octanol–water partition coefficient (Wildman–Crippen LogP) is 1.99. The summed E-state index contributed by atoms with van der Waals surface area (Å²) in [6.45, 7) is 8.35. The smallest absolute Gasteiger partial charge is 0.0735 e. The van der Waals surface area contributed by atoms with Gasteiger partial charge in [-0.1, -0.05) is 6.92 Å². The van der Waals surface area contributed by atoms with E-state index in [4.69, 9.17) is 4.74 Å². The van der Waals surface area contributed by atoms with Gasteiger partial charge in [-0.25, -0.2) is 0 Å². The molecule has 1 fully saturated rings. The zero-order valence-electron chi connectivity index (χ0n) is 11.7. The summed E-state index contributed by atoms with van der Waals surface area (Å²) in [5.74, 6) is 0. The van der Waals surface area contributed by atoms with Crippen molar-refractivity contribution in [1.82, 2.24) is 15.1 Å². The standard InChI is InChI=1S/C14H25N3O/c1-4-15-13(14-7-6-11(3)18-14)8-12-9-16-17(5-2)10-12/h9-11,13-15H,4-8H2,1-3H3. The van der Waals surface area contributed by atoms with Crippen LogP contribution in [0.2, 0.25) is 0 Å². The van der Waals surface area contributed by atoms with Crippen molar-refractivity contribution >= 4 is 0 Å². The van der Waals surface area contributed by atoms with Crippen molar-refractivity contribution in [2.75, 3.05) is 6.54 Å². The Balaban J connectivity index is 1.97. The van der Waals surface area contributed by atoms with Crippen LogP contribution < -0.4 is 5.32 Å². The van der Waals surface area contributed by atoms with Gasteiger partial charge in [-0.15, -0.1) is 0 Å². The second-order valence-corrected chi connectivity index (χ2v) is 5.14. The first-order valence-corrected chi connectivity index (χ1v) is 7.13. The second-order valence-electron chi connectivity index (χ2n) is 5.14. The minimum absolute atomic E-state index is 0.352. The van der Waals surface area contributed by atoms with E-state index in [2.05, 4.69) is 37.4 Å². The Morgan fingerprint density at radius 1 is 1.50 bits per heavy atom. The first-order chi connectivity index (χ1) is 8.72. The van der Waals surface area contributed by atoms with Crippen LogP contribution in [0.4, 0.5) is 0 Å². The molecule has 18 heavy (non-hydrogen) atoms. The molecular weight excluding hydrogens is 226 g/mol. The third kappa shape index (κ3) is 3.33.